The minimum atomic E-state index is 0.101. The van der Waals surface area contributed by atoms with Crippen molar-refractivity contribution in [1.29, 1.82) is 0 Å². The lowest BCUT2D eigenvalue weighted by atomic mass is 9.96. The second kappa shape index (κ2) is 3.35. The Morgan fingerprint density at radius 3 is 3.15 bits per heavy atom. The van der Waals surface area contributed by atoms with Crippen LogP contribution in [0.1, 0.15) is 22.8 Å². The topological polar surface area (TPSA) is 9.23 Å². The molecule has 0 saturated carbocycles. The van der Waals surface area contributed by atoms with Crippen LogP contribution in [0.15, 0.2) is 30.9 Å². The van der Waals surface area contributed by atoms with Crippen molar-refractivity contribution in [2.45, 2.75) is 19.4 Å². The minimum absolute atomic E-state index is 0.101. The lowest BCUT2D eigenvalue weighted by Gasteiger charge is -2.23. The molecule has 1 aromatic rings. The van der Waals surface area contributed by atoms with E-state index >= 15 is 0 Å². The Morgan fingerprint density at radius 1 is 1.54 bits per heavy atom. The van der Waals surface area contributed by atoms with Crippen LogP contribution in [0.2, 0.25) is 0 Å². The number of fused-ring (bicyclic) bond motifs is 1. The van der Waals surface area contributed by atoms with Gasteiger partial charge in [0.05, 0.1) is 6.61 Å². The summed E-state index contributed by atoms with van der Waals surface area (Å²) >= 11 is 0. The maximum Gasteiger partial charge on any atom is 0.101 e. The highest BCUT2D eigenvalue weighted by Crippen LogP contribution is 2.28. The number of ether oxygens (including phenoxy) is 1. The van der Waals surface area contributed by atoms with E-state index in [1.807, 2.05) is 6.08 Å². The van der Waals surface area contributed by atoms with Crippen LogP contribution in [-0.4, -0.2) is 6.61 Å². The van der Waals surface area contributed by atoms with Crippen LogP contribution in [-0.2, 0) is 11.2 Å². The summed E-state index contributed by atoms with van der Waals surface area (Å²) in [5.41, 5.74) is 4.02. The molecule has 1 nitrogen and oxygen atoms in total. The molecule has 13 heavy (non-hydrogen) atoms. The zero-order valence-electron chi connectivity index (χ0n) is 7.92. The van der Waals surface area contributed by atoms with Gasteiger partial charge < -0.3 is 4.74 Å². The summed E-state index contributed by atoms with van der Waals surface area (Å²) in [4.78, 5) is 0. The molecular formula is C12H14O. The van der Waals surface area contributed by atoms with E-state index in [1.54, 1.807) is 0 Å². The van der Waals surface area contributed by atoms with Crippen molar-refractivity contribution < 1.29 is 4.74 Å². The fourth-order valence-electron chi connectivity index (χ4n) is 1.81. The fraction of sp³-hybridized carbons (Fsp3) is 0.333. The third kappa shape index (κ3) is 1.52. The Morgan fingerprint density at radius 2 is 2.38 bits per heavy atom. The maximum atomic E-state index is 5.58. The van der Waals surface area contributed by atoms with E-state index in [0.29, 0.717) is 0 Å². The first kappa shape index (κ1) is 8.52. The average molecular weight is 174 g/mol. The van der Waals surface area contributed by atoms with Gasteiger partial charge in [-0.1, -0.05) is 29.8 Å². The normalized spacial score (nSPS) is 20.8. The highest BCUT2D eigenvalue weighted by atomic mass is 16.5. The Bertz CT molecular complexity index is 328. The van der Waals surface area contributed by atoms with Gasteiger partial charge in [0.1, 0.15) is 6.10 Å². The SMILES string of the molecule is C=C[C@@H]1OCCc2cc(C)ccc21. The van der Waals surface area contributed by atoms with E-state index in [9.17, 15) is 0 Å². The summed E-state index contributed by atoms with van der Waals surface area (Å²) < 4.78 is 5.58. The van der Waals surface area contributed by atoms with E-state index < -0.39 is 0 Å². The summed E-state index contributed by atoms with van der Waals surface area (Å²) in [5.74, 6) is 0. The molecule has 68 valence electrons. The summed E-state index contributed by atoms with van der Waals surface area (Å²) in [5, 5.41) is 0. The summed E-state index contributed by atoms with van der Waals surface area (Å²) in [6, 6.07) is 6.52. The van der Waals surface area contributed by atoms with Crippen molar-refractivity contribution in [1.82, 2.24) is 0 Å². The molecule has 0 radical (unpaired) electrons. The molecule has 0 N–H and O–H groups in total. The molecule has 0 spiro atoms. The highest BCUT2D eigenvalue weighted by Gasteiger charge is 2.17. The molecule has 0 amide bonds. The van der Waals surface area contributed by atoms with Crippen LogP contribution < -0.4 is 0 Å². The number of benzene rings is 1. The summed E-state index contributed by atoms with van der Waals surface area (Å²) in [6.45, 7) is 6.72. The van der Waals surface area contributed by atoms with Crippen LogP contribution in [0.3, 0.4) is 0 Å². The van der Waals surface area contributed by atoms with Gasteiger partial charge in [-0.25, -0.2) is 0 Å². The standard InChI is InChI=1S/C12H14O/c1-3-12-11-5-4-9(2)8-10(11)6-7-13-12/h3-5,8,12H,1,6-7H2,2H3/t12-/m0/s1. The molecule has 0 aliphatic carbocycles. The van der Waals surface area contributed by atoms with Gasteiger partial charge in [-0.2, -0.15) is 0 Å². The monoisotopic (exact) mass is 174 g/mol. The van der Waals surface area contributed by atoms with Crippen molar-refractivity contribution in [3.8, 4) is 0 Å². The van der Waals surface area contributed by atoms with Crippen LogP contribution in [0.4, 0.5) is 0 Å². The molecular weight excluding hydrogens is 160 g/mol. The zero-order chi connectivity index (χ0) is 9.26. The third-order valence-electron chi connectivity index (χ3n) is 2.49. The van der Waals surface area contributed by atoms with Crippen LogP contribution >= 0.6 is 0 Å². The van der Waals surface area contributed by atoms with Gasteiger partial charge in [-0.3, -0.25) is 0 Å². The van der Waals surface area contributed by atoms with Crippen molar-refractivity contribution in [2.24, 2.45) is 0 Å². The first-order valence-corrected chi connectivity index (χ1v) is 4.65. The molecule has 0 saturated heterocycles. The number of hydrogen-bond acceptors (Lipinski definition) is 1. The number of aryl methyl sites for hydroxylation is 1. The molecule has 1 heterocycles. The van der Waals surface area contributed by atoms with Gasteiger partial charge in [0, 0.05) is 0 Å². The second-order valence-corrected chi connectivity index (χ2v) is 3.48. The van der Waals surface area contributed by atoms with Gasteiger partial charge in [0.2, 0.25) is 0 Å². The summed E-state index contributed by atoms with van der Waals surface area (Å²) in [6.07, 6.45) is 3.00. The molecule has 0 unspecified atom stereocenters. The van der Waals surface area contributed by atoms with Gasteiger partial charge in [-0.15, -0.1) is 6.58 Å². The van der Waals surface area contributed by atoms with E-state index in [2.05, 4.69) is 31.7 Å². The molecule has 2 rings (SSSR count). The fourth-order valence-corrected chi connectivity index (χ4v) is 1.81. The van der Waals surface area contributed by atoms with Crippen molar-refractivity contribution in [3.05, 3.63) is 47.5 Å². The lowest BCUT2D eigenvalue weighted by molar-refractivity contribution is 0.0752. The quantitative estimate of drug-likeness (QED) is 0.595. The van der Waals surface area contributed by atoms with Crippen molar-refractivity contribution >= 4 is 0 Å². The second-order valence-electron chi connectivity index (χ2n) is 3.48. The van der Waals surface area contributed by atoms with Crippen molar-refractivity contribution in [3.63, 3.8) is 0 Å². The Balaban J connectivity index is 2.45. The van der Waals surface area contributed by atoms with Gasteiger partial charge in [0.25, 0.3) is 0 Å². The molecule has 1 aliphatic rings. The molecule has 1 heteroatoms. The van der Waals surface area contributed by atoms with Crippen LogP contribution in [0.25, 0.3) is 0 Å². The number of rotatable bonds is 1. The molecule has 1 atom stereocenters. The zero-order valence-corrected chi connectivity index (χ0v) is 7.92. The first-order chi connectivity index (χ1) is 6.31. The highest BCUT2D eigenvalue weighted by molar-refractivity contribution is 5.36. The molecule has 0 bridgehead atoms. The maximum absolute atomic E-state index is 5.58. The van der Waals surface area contributed by atoms with E-state index in [0.717, 1.165) is 13.0 Å². The predicted molar refractivity (Wildman–Crippen MR) is 53.8 cm³/mol. The predicted octanol–water partition coefficient (Wildman–Crippen LogP) is 2.79. The van der Waals surface area contributed by atoms with E-state index in [-0.39, 0.29) is 6.10 Å². The Labute approximate surface area is 79.0 Å². The molecule has 0 aromatic heterocycles. The average Bonchev–Trinajstić information content (AvgIpc) is 2.16. The minimum Gasteiger partial charge on any atom is -0.369 e. The van der Waals surface area contributed by atoms with E-state index in [4.69, 9.17) is 4.74 Å². The van der Waals surface area contributed by atoms with Crippen LogP contribution in [0.5, 0.6) is 0 Å². The lowest BCUT2D eigenvalue weighted by Crippen LogP contribution is -2.14. The molecule has 0 fully saturated rings. The molecule has 1 aliphatic heterocycles. The Kier molecular flexibility index (Phi) is 2.19. The first-order valence-electron chi connectivity index (χ1n) is 4.65. The third-order valence-corrected chi connectivity index (χ3v) is 2.49. The van der Waals surface area contributed by atoms with E-state index in [1.165, 1.54) is 16.7 Å². The van der Waals surface area contributed by atoms with Gasteiger partial charge in [0.15, 0.2) is 0 Å². The van der Waals surface area contributed by atoms with Crippen molar-refractivity contribution in [2.75, 3.05) is 6.61 Å². The van der Waals surface area contributed by atoms with Crippen LogP contribution in [0, 0.1) is 6.92 Å². The van der Waals surface area contributed by atoms with Gasteiger partial charge in [-0.05, 0) is 24.5 Å². The largest absolute Gasteiger partial charge is 0.369 e. The van der Waals surface area contributed by atoms with Gasteiger partial charge >= 0.3 is 0 Å². The summed E-state index contributed by atoms with van der Waals surface area (Å²) in [7, 11) is 0. The molecule has 1 aromatic carbocycles. The Hall–Kier alpha value is -1.08. The number of hydrogen-bond donors (Lipinski definition) is 0. The smallest absolute Gasteiger partial charge is 0.101 e.